The summed E-state index contributed by atoms with van der Waals surface area (Å²) in [5.41, 5.74) is 0. The lowest BCUT2D eigenvalue weighted by Gasteiger charge is -2.41. The topological polar surface area (TPSA) is 43.8 Å². The molecule has 120 valence electrons. The third-order valence-electron chi connectivity index (χ3n) is 6.12. The van der Waals surface area contributed by atoms with Crippen LogP contribution in [0.1, 0.15) is 51.9 Å². The SMILES string of the molecule is CCC1CCC(C(=O)O)C(N2CCCN3CCCC3C2)C1. The molecule has 2 saturated heterocycles. The van der Waals surface area contributed by atoms with E-state index in [2.05, 4.69) is 16.7 Å². The largest absolute Gasteiger partial charge is 0.481 e. The van der Waals surface area contributed by atoms with Crippen molar-refractivity contribution < 1.29 is 9.90 Å². The fraction of sp³-hybridized carbons (Fsp3) is 0.941. The summed E-state index contributed by atoms with van der Waals surface area (Å²) in [6.45, 7) is 6.92. The van der Waals surface area contributed by atoms with Gasteiger partial charge in [-0.25, -0.2) is 0 Å². The van der Waals surface area contributed by atoms with Gasteiger partial charge in [0.2, 0.25) is 0 Å². The van der Waals surface area contributed by atoms with Gasteiger partial charge in [-0.15, -0.1) is 0 Å². The third kappa shape index (κ3) is 3.26. The molecule has 0 spiro atoms. The van der Waals surface area contributed by atoms with Crippen molar-refractivity contribution in [2.45, 2.75) is 64.0 Å². The van der Waals surface area contributed by atoms with E-state index in [-0.39, 0.29) is 12.0 Å². The fourth-order valence-electron chi connectivity index (χ4n) is 4.83. The van der Waals surface area contributed by atoms with Crippen LogP contribution in [0.5, 0.6) is 0 Å². The van der Waals surface area contributed by atoms with Gasteiger partial charge in [-0.2, -0.15) is 0 Å². The zero-order valence-corrected chi connectivity index (χ0v) is 13.3. The van der Waals surface area contributed by atoms with E-state index in [4.69, 9.17) is 0 Å². The van der Waals surface area contributed by atoms with Gasteiger partial charge in [-0.3, -0.25) is 14.6 Å². The van der Waals surface area contributed by atoms with E-state index in [0.717, 1.165) is 38.3 Å². The molecule has 4 heteroatoms. The van der Waals surface area contributed by atoms with E-state index < -0.39 is 5.97 Å². The van der Waals surface area contributed by atoms with E-state index in [1.165, 1.54) is 38.8 Å². The van der Waals surface area contributed by atoms with E-state index >= 15 is 0 Å². The smallest absolute Gasteiger partial charge is 0.308 e. The van der Waals surface area contributed by atoms with Crippen LogP contribution >= 0.6 is 0 Å². The number of carbonyl (C=O) groups is 1. The molecule has 3 aliphatic rings. The molecule has 4 unspecified atom stereocenters. The van der Waals surface area contributed by atoms with Crippen LogP contribution in [0.2, 0.25) is 0 Å². The van der Waals surface area contributed by atoms with Crippen molar-refractivity contribution in [2.24, 2.45) is 11.8 Å². The number of hydrogen-bond acceptors (Lipinski definition) is 3. The van der Waals surface area contributed by atoms with Crippen molar-refractivity contribution in [3.8, 4) is 0 Å². The molecule has 2 aliphatic heterocycles. The van der Waals surface area contributed by atoms with Gasteiger partial charge in [-0.05, 0) is 64.1 Å². The molecule has 21 heavy (non-hydrogen) atoms. The standard InChI is InChI=1S/C17H30N2O2/c1-2-13-6-7-15(17(20)21)16(11-13)19-10-4-9-18-8-3-5-14(18)12-19/h13-16H,2-12H2,1H3,(H,20,21). The Hall–Kier alpha value is -0.610. The number of rotatable bonds is 3. The van der Waals surface area contributed by atoms with Crippen LogP contribution in [0.25, 0.3) is 0 Å². The Balaban J connectivity index is 1.72. The van der Waals surface area contributed by atoms with Crippen molar-refractivity contribution in [1.82, 2.24) is 9.80 Å². The summed E-state index contributed by atoms with van der Waals surface area (Å²) < 4.78 is 0. The van der Waals surface area contributed by atoms with E-state index in [0.29, 0.717) is 6.04 Å². The Kier molecular flexibility index (Phi) is 4.85. The van der Waals surface area contributed by atoms with Gasteiger partial charge in [0, 0.05) is 18.6 Å². The first-order chi connectivity index (χ1) is 10.2. The average molecular weight is 294 g/mol. The summed E-state index contributed by atoms with van der Waals surface area (Å²) in [6, 6.07) is 0.964. The molecule has 2 heterocycles. The first-order valence-corrected chi connectivity index (χ1v) is 8.90. The molecule has 4 atom stereocenters. The maximum atomic E-state index is 11.7. The van der Waals surface area contributed by atoms with Crippen LogP contribution in [0.3, 0.4) is 0 Å². The highest BCUT2D eigenvalue weighted by molar-refractivity contribution is 5.71. The number of carboxylic acids is 1. The van der Waals surface area contributed by atoms with Gasteiger partial charge in [0.25, 0.3) is 0 Å². The van der Waals surface area contributed by atoms with Crippen molar-refractivity contribution >= 4 is 5.97 Å². The highest BCUT2D eigenvalue weighted by Crippen LogP contribution is 2.35. The molecule has 3 rings (SSSR count). The van der Waals surface area contributed by atoms with Crippen LogP contribution in [0.15, 0.2) is 0 Å². The highest BCUT2D eigenvalue weighted by atomic mass is 16.4. The lowest BCUT2D eigenvalue weighted by atomic mass is 9.76. The summed E-state index contributed by atoms with van der Waals surface area (Å²) in [5, 5.41) is 9.62. The molecule has 0 amide bonds. The normalized spacial score (nSPS) is 38.9. The lowest BCUT2D eigenvalue weighted by molar-refractivity contribution is -0.146. The first-order valence-electron chi connectivity index (χ1n) is 8.90. The van der Waals surface area contributed by atoms with E-state index in [9.17, 15) is 9.90 Å². The highest BCUT2D eigenvalue weighted by Gasteiger charge is 2.40. The predicted molar refractivity (Wildman–Crippen MR) is 83.3 cm³/mol. The third-order valence-corrected chi connectivity index (χ3v) is 6.12. The van der Waals surface area contributed by atoms with Gasteiger partial charge in [0.05, 0.1) is 5.92 Å². The van der Waals surface area contributed by atoms with Gasteiger partial charge in [-0.1, -0.05) is 13.3 Å². The minimum Gasteiger partial charge on any atom is -0.481 e. The number of aliphatic carboxylic acids is 1. The van der Waals surface area contributed by atoms with Crippen LogP contribution < -0.4 is 0 Å². The minimum atomic E-state index is -0.568. The number of hydrogen-bond donors (Lipinski definition) is 1. The first kappa shape index (κ1) is 15.3. The van der Waals surface area contributed by atoms with Gasteiger partial charge in [0.15, 0.2) is 0 Å². The number of carboxylic acid groups (broad SMARTS) is 1. The molecule has 4 nitrogen and oxygen atoms in total. The monoisotopic (exact) mass is 294 g/mol. The summed E-state index contributed by atoms with van der Waals surface area (Å²) in [6.07, 6.45) is 8.11. The van der Waals surface area contributed by atoms with Gasteiger partial charge in [0.1, 0.15) is 0 Å². The van der Waals surface area contributed by atoms with Gasteiger partial charge < -0.3 is 5.11 Å². The quantitative estimate of drug-likeness (QED) is 0.868. The maximum Gasteiger partial charge on any atom is 0.308 e. The zero-order chi connectivity index (χ0) is 14.8. The Bertz CT molecular complexity index is 374. The summed E-state index contributed by atoms with van der Waals surface area (Å²) >= 11 is 0. The van der Waals surface area contributed by atoms with Crippen LogP contribution in [0, 0.1) is 11.8 Å². The Labute approximate surface area is 128 Å². The maximum absolute atomic E-state index is 11.7. The van der Waals surface area contributed by atoms with E-state index in [1.54, 1.807) is 0 Å². The molecule has 3 fully saturated rings. The Morgan fingerprint density at radius 2 is 1.86 bits per heavy atom. The minimum absolute atomic E-state index is 0.138. The molecule has 1 saturated carbocycles. The molecule has 0 bridgehead atoms. The molecule has 1 N–H and O–H groups in total. The Morgan fingerprint density at radius 1 is 1.10 bits per heavy atom. The predicted octanol–water partition coefficient (Wildman–Crippen LogP) is 2.44. The summed E-state index contributed by atoms with van der Waals surface area (Å²) in [7, 11) is 0. The summed E-state index contributed by atoms with van der Waals surface area (Å²) in [5.74, 6) is 0.0244. The van der Waals surface area contributed by atoms with Crippen molar-refractivity contribution in [3.05, 3.63) is 0 Å². The van der Waals surface area contributed by atoms with Crippen molar-refractivity contribution in [3.63, 3.8) is 0 Å². The van der Waals surface area contributed by atoms with Crippen LogP contribution in [-0.2, 0) is 4.79 Å². The second kappa shape index (κ2) is 6.66. The van der Waals surface area contributed by atoms with Crippen LogP contribution in [-0.4, -0.2) is 59.1 Å². The van der Waals surface area contributed by atoms with E-state index in [1.807, 2.05) is 0 Å². The van der Waals surface area contributed by atoms with Crippen molar-refractivity contribution in [2.75, 3.05) is 26.2 Å². The summed E-state index contributed by atoms with van der Waals surface area (Å²) in [4.78, 5) is 16.9. The molecule has 0 aromatic heterocycles. The number of nitrogens with zero attached hydrogens (tertiary/aromatic N) is 2. The molecular formula is C17H30N2O2. The Morgan fingerprint density at radius 3 is 2.62 bits per heavy atom. The van der Waals surface area contributed by atoms with Crippen molar-refractivity contribution in [1.29, 1.82) is 0 Å². The average Bonchev–Trinajstić information content (AvgIpc) is 2.83. The molecule has 0 radical (unpaired) electrons. The zero-order valence-electron chi connectivity index (χ0n) is 13.3. The second-order valence-electron chi connectivity index (χ2n) is 7.28. The molecule has 0 aromatic rings. The fourth-order valence-corrected chi connectivity index (χ4v) is 4.83. The molecule has 1 aliphatic carbocycles. The number of fused-ring (bicyclic) bond motifs is 1. The van der Waals surface area contributed by atoms with Crippen LogP contribution in [0.4, 0.5) is 0 Å². The lowest BCUT2D eigenvalue weighted by Crippen LogP contribution is -2.50. The van der Waals surface area contributed by atoms with Gasteiger partial charge >= 0.3 is 5.97 Å². The molecule has 0 aromatic carbocycles. The molecular weight excluding hydrogens is 264 g/mol. The second-order valence-corrected chi connectivity index (χ2v) is 7.28.